The smallest absolute Gasteiger partial charge is 0.322 e. The summed E-state index contributed by atoms with van der Waals surface area (Å²) in [6.45, 7) is 3.90. The first-order valence-corrected chi connectivity index (χ1v) is 8.17. The zero-order valence-electron chi connectivity index (χ0n) is 13.9. The van der Waals surface area contributed by atoms with Crippen molar-refractivity contribution in [2.75, 3.05) is 11.9 Å². The van der Waals surface area contributed by atoms with Crippen LogP contribution in [0.1, 0.15) is 17.2 Å². The molecule has 130 valence electrons. The largest absolute Gasteiger partial charge is 0.423 e. The minimum absolute atomic E-state index is 0.0476. The van der Waals surface area contributed by atoms with Crippen LogP contribution in [0.5, 0.6) is 0 Å². The summed E-state index contributed by atoms with van der Waals surface area (Å²) >= 11 is 0. The number of fused-ring (bicyclic) bond motifs is 2. The quantitative estimate of drug-likeness (QED) is 0.632. The fourth-order valence-electron chi connectivity index (χ4n) is 3.01. The number of anilines is 1. The zero-order valence-corrected chi connectivity index (χ0v) is 13.9. The number of carbonyl (C=O) groups is 1. The molecule has 0 saturated carbocycles. The Hall–Kier alpha value is -3.61. The number of rotatable bonds is 4. The van der Waals surface area contributed by atoms with Crippen LogP contribution in [0.4, 0.5) is 10.8 Å². The fourth-order valence-corrected chi connectivity index (χ4v) is 3.01. The average Bonchev–Trinajstić information content (AvgIpc) is 3.21. The molecule has 26 heavy (non-hydrogen) atoms. The van der Waals surface area contributed by atoms with E-state index in [2.05, 4.69) is 32.6 Å². The number of urea groups is 1. The lowest BCUT2D eigenvalue weighted by Crippen LogP contribution is -2.34. The molecule has 1 aromatic heterocycles. The topological polar surface area (TPSA) is 91.5 Å². The Bertz CT molecular complexity index is 975. The molecular weight excluding hydrogens is 330 g/mol. The van der Waals surface area contributed by atoms with Crippen molar-refractivity contribution in [1.82, 2.24) is 15.6 Å². The number of hydrogen-bond acceptors (Lipinski definition) is 5. The van der Waals surface area contributed by atoms with Crippen molar-refractivity contribution in [1.29, 1.82) is 0 Å². The molecule has 1 unspecified atom stereocenters. The number of carbonyl (C=O) groups excluding carboxylic acids is 1. The summed E-state index contributed by atoms with van der Waals surface area (Å²) in [6, 6.07) is 15.0. The number of nitrogens with one attached hydrogen (secondary N) is 3. The van der Waals surface area contributed by atoms with Crippen LogP contribution in [0.25, 0.3) is 16.8 Å². The van der Waals surface area contributed by atoms with E-state index in [4.69, 9.17) is 4.42 Å². The molecule has 2 heterocycles. The average molecular weight is 347 g/mol. The summed E-state index contributed by atoms with van der Waals surface area (Å²) in [5, 5.41) is 8.80. The van der Waals surface area contributed by atoms with Gasteiger partial charge in [-0.1, -0.05) is 36.4 Å². The van der Waals surface area contributed by atoms with Gasteiger partial charge < -0.3 is 15.1 Å². The standard InChI is InChI=1S/C19H17N5O2/c1-20-10-15-12-6-2-3-7-13(12)16(22-15)11-21-18(25)24-19-23-14-8-4-5-9-17(14)26-19/h2-10,16,22H,1,11H2,(H2,21,23,24,25)/b15-10-. The van der Waals surface area contributed by atoms with Crippen LogP contribution in [0.2, 0.25) is 0 Å². The zero-order chi connectivity index (χ0) is 17.9. The van der Waals surface area contributed by atoms with Crippen LogP contribution in [0, 0.1) is 0 Å². The van der Waals surface area contributed by atoms with E-state index in [0.717, 1.165) is 16.8 Å². The van der Waals surface area contributed by atoms with Gasteiger partial charge in [0.2, 0.25) is 0 Å². The van der Waals surface area contributed by atoms with Gasteiger partial charge in [0, 0.05) is 18.3 Å². The van der Waals surface area contributed by atoms with Gasteiger partial charge in [0.15, 0.2) is 5.58 Å². The monoisotopic (exact) mass is 347 g/mol. The van der Waals surface area contributed by atoms with Gasteiger partial charge in [0.05, 0.1) is 11.7 Å². The maximum Gasteiger partial charge on any atom is 0.322 e. The summed E-state index contributed by atoms with van der Waals surface area (Å²) in [5.74, 6) is 0. The Kier molecular flexibility index (Phi) is 4.10. The highest BCUT2D eigenvalue weighted by atomic mass is 16.4. The predicted molar refractivity (Wildman–Crippen MR) is 101 cm³/mol. The number of nitrogens with zero attached hydrogens (tertiary/aromatic N) is 2. The van der Waals surface area contributed by atoms with Crippen molar-refractivity contribution in [2.45, 2.75) is 6.04 Å². The Balaban J connectivity index is 1.41. The van der Waals surface area contributed by atoms with E-state index >= 15 is 0 Å². The van der Waals surface area contributed by atoms with E-state index in [1.165, 1.54) is 0 Å². The predicted octanol–water partition coefficient (Wildman–Crippen LogP) is 3.29. The molecule has 7 nitrogen and oxygen atoms in total. The van der Waals surface area contributed by atoms with Gasteiger partial charge in [-0.3, -0.25) is 10.3 Å². The first-order chi connectivity index (χ1) is 12.7. The molecule has 0 aliphatic carbocycles. The van der Waals surface area contributed by atoms with Crippen LogP contribution in [0.3, 0.4) is 0 Å². The normalized spacial score (nSPS) is 16.9. The molecule has 0 saturated heterocycles. The molecule has 3 N–H and O–H groups in total. The van der Waals surface area contributed by atoms with E-state index in [-0.39, 0.29) is 18.1 Å². The Morgan fingerprint density at radius 2 is 2.08 bits per heavy atom. The number of para-hydroxylation sites is 2. The summed E-state index contributed by atoms with van der Waals surface area (Å²) in [5.41, 5.74) is 4.37. The van der Waals surface area contributed by atoms with E-state index in [9.17, 15) is 4.79 Å². The number of aliphatic imine (C=N–C) groups is 1. The second-order valence-electron chi connectivity index (χ2n) is 5.83. The lowest BCUT2D eigenvalue weighted by molar-refractivity contribution is 0.250. The van der Waals surface area contributed by atoms with Gasteiger partial charge in [-0.15, -0.1) is 0 Å². The number of amides is 2. The molecular formula is C19H17N5O2. The van der Waals surface area contributed by atoms with Crippen LogP contribution >= 0.6 is 0 Å². The van der Waals surface area contributed by atoms with E-state index in [1.807, 2.05) is 42.5 Å². The van der Waals surface area contributed by atoms with Crippen molar-refractivity contribution < 1.29 is 9.21 Å². The van der Waals surface area contributed by atoms with Crippen LogP contribution < -0.4 is 16.0 Å². The van der Waals surface area contributed by atoms with Crippen LogP contribution in [0.15, 0.2) is 64.1 Å². The Morgan fingerprint density at radius 3 is 2.92 bits per heavy atom. The summed E-state index contributed by atoms with van der Waals surface area (Å²) in [7, 11) is 0. The molecule has 2 amide bonds. The van der Waals surface area contributed by atoms with Gasteiger partial charge in [-0.05, 0) is 24.4 Å². The SMILES string of the molecule is C=N/C=C1\NC(CNC(=O)Nc2nc3ccccc3o2)c2ccccc21. The third kappa shape index (κ3) is 3.02. The second-order valence-corrected chi connectivity index (χ2v) is 5.83. The lowest BCUT2D eigenvalue weighted by Gasteiger charge is -2.13. The summed E-state index contributed by atoms with van der Waals surface area (Å²) < 4.78 is 5.49. The molecule has 7 heteroatoms. The van der Waals surface area contributed by atoms with Gasteiger partial charge >= 0.3 is 12.0 Å². The molecule has 0 fully saturated rings. The molecule has 0 bridgehead atoms. The maximum atomic E-state index is 12.2. The van der Waals surface area contributed by atoms with Crippen molar-refractivity contribution in [3.63, 3.8) is 0 Å². The van der Waals surface area contributed by atoms with Crippen molar-refractivity contribution in [3.05, 3.63) is 65.9 Å². The van der Waals surface area contributed by atoms with Crippen molar-refractivity contribution in [2.24, 2.45) is 4.99 Å². The fraction of sp³-hybridized carbons (Fsp3) is 0.105. The molecule has 1 aliphatic heterocycles. The minimum atomic E-state index is -0.380. The molecule has 1 atom stereocenters. The number of aromatic nitrogens is 1. The Labute approximate surface area is 149 Å². The first-order valence-electron chi connectivity index (χ1n) is 8.17. The highest BCUT2D eigenvalue weighted by Gasteiger charge is 2.25. The lowest BCUT2D eigenvalue weighted by atomic mass is 10.0. The molecule has 0 spiro atoms. The first kappa shape index (κ1) is 15.9. The van der Waals surface area contributed by atoms with Crippen molar-refractivity contribution in [3.8, 4) is 0 Å². The van der Waals surface area contributed by atoms with Gasteiger partial charge in [0.1, 0.15) is 5.52 Å². The number of hydrogen-bond donors (Lipinski definition) is 3. The van der Waals surface area contributed by atoms with E-state index in [0.29, 0.717) is 17.6 Å². The van der Waals surface area contributed by atoms with Gasteiger partial charge in [-0.25, -0.2) is 4.79 Å². The van der Waals surface area contributed by atoms with E-state index in [1.54, 1.807) is 12.3 Å². The van der Waals surface area contributed by atoms with Gasteiger partial charge in [-0.2, -0.15) is 4.98 Å². The summed E-state index contributed by atoms with van der Waals surface area (Å²) in [6.07, 6.45) is 1.68. The number of benzene rings is 2. The molecule has 0 radical (unpaired) electrons. The molecule has 1 aliphatic rings. The molecule has 3 aromatic rings. The Morgan fingerprint density at radius 1 is 1.27 bits per heavy atom. The second kappa shape index (κ2) is 6.72. The molecule has 4 rings (SSSR count). The third-order valence-electron chi connectivity index (χ3n) is 4.16. The van der Waals surface area contributed by atoms with E-state index < -0.39 is 0 Å². The summed E-state index contributed by atoms with van der Waals surface area (Å²) in [4.78, 5) is 20.2. The number of oxazole rings is 1. The molecule has 2 aromatic carbocycles. The van der Waals surface area contributed by atoms with Gasteiger partial charge in [0.25, 0.3) is 0 Å². The van der Waals surface area contributed by atoms with Crippen LogP contribution in [-0.2, 0) is 0 Å². The minimum Gasteiger partial charge on any atom is -0.423 e. The highest BCUT2D eigenvalue weighted by molar-refractivity contribution is 5.88. The van der Waals surface area contributed by atoms with Crippen molar-refractivity contribution >= 4 is 35.6 Å². The highest BCUT2D eigenvalue weighted by Crippen LogP contribution is 2.31. The third-order valence-corrected chi connectivity index (χ3v) is 4.16. The van der Waals surface area contributed by atoms with Crippen LogP contribution in [-0.4, -0.2) is 24.3 Å². The maximum absolute atomic E-state index is 12.2.